The van der Waals surface area contributed by atoms with Gasteiger partial charge in [-0.3, -0.25) is 0 Å². The molecule has 0 amide bonds. The number of benzene rings is 1. The Morgan fingerprint density at radius 2 is 2.18 bits per heavy atom. The average molecular weight is 275 g/mol. The summed E-state index contributed by atoms with van der Waals surface area (Å²) in [6.45, 7) is 1.99. The molecule has 11 heavy (non-hydrogen) atoms. The van der Waals surface area contributed by atoms with Gasteiger partial charge in [0.05, 0.1) is 5.56 Å². The summed E-state index contributed by atoms with van der Waals surface area (Å²) in [6, 6.07) is 5.97. The third-order valence-electron chi connectivity index (χ3n) is 1.33. The van der Waals surface area contributed by atoms with Gasteiger partial charge in [-0.1, -0.05) is 0 Å². The maximum atomic E-state index is 8.69. The van der Waals surface area contributed by atoms with Crippen molar-refractivity contribution in [2.75, 3.05) is 0 Å². The number of hydrogen-bond donors (Lipinski definition) is 1. The van der Waals surface area contributed by atoms with Crippen molar-refractivity contribution >= 4 is 35.2 Å². The lowest BCUT2D eigenvalue weighted by atomic mass is 10.2. The number of hydrogen-bond acceptors (Lipinski definition) is 2. The van der Waals surface area contributed by atoms with Gasteiger partial charge < -0.3 is 0 Å². The quantitative estimate of drug-likeness (QED) is 0.571. The molecule has 0 aliphatic heterocycles. The van der Waals surface area contributed by atoms with Crippen molar-refractivity contribution in [3.8, 4) is 6.07 Å². The fourth-order valence-electron chi connectivity index (χ4n) is 0.835. The van der Waals surface area contributed by atoms with E-state index in [1.807, 2.05) is 19.1 Å². The van der Waals surface area contributed by atoms with Gasteiger partial charge in [0, 0.05) is 8.47 Å². The summed E-state index contributed by atoms with van der Waals surface area (Å²) in [5, 5.41) is 8.69. The molecule has 0 saturated carbocycles. The lowest BCUT2D eigenvalue weighted by molar-refractivity contribution is 1.29. The van der Waals surface area contributed by atoms with E-state index in [4.69, 9.17) is 5.26 Å². The molecule has 0 aliphatic carbocycles. The van der Waals surface area contributed by atoms with Crippen molar-refractivity contribution in [1.29, 1.82) is 5.26 Å². The second kappa shape index (κ2) is 3.46. The second-order valence-electron chi connectivity index (χ2n) is 2.25. The van der Waals surface area contributed by atoms with Crippen LogP contribution < -0.4 is 0 Å². The fourth-order valence-corrected chi connectivity index (χ4v) is 2.32. The number of halogens is 1. The Hall–Kier alpha value is -0.210. The van der Waals surface area contributed by atoms with Gasteiger partial charge in [0.2, 0.25) is 0 Å². The van der Waals surface area contributed by atoms with Crippen LogP contribution in [0.4, 0.5) is 0 Å². The SMILES string of the molecule is Cc1cc(S)c(C#N)c(I)c1. The zero-order chi connectivity index (χ0) is 8.43. The van der Waals surface area contributed by atoms with E-state index in [1.165, 1.54) is 0 Å². The van der Waals surface area contributed by atoms with Crippen LogP contribution in [0.3, 0.4) is 0 Å². The molecule has 0 unspecified atom stereocenters. The second-order valence-corrected chi connectivity index (χ2v) is 3.90. The lowest BCUT2D eigenvalue weighted by Gasteiger charge is -2.00. The summed E-state index contributed by atoms with van der Waals surface area (Å²) < 4.78 is 0.968. The molecule has 0 radical (unpaired) electrons. The van der Waals surface area contributed by atoms with Gasteiger partial charge in [-0.15, -0.1) is 12.6 Å². The lowest BCUT2D eigenvalue weighted by Crippen LogP contribution is -1.85. The van der Waals surface area contributed by atoms with Crippen LogP contribution >= 0.6 is 35.2 Å². The highest BCUT2D eigenvalue weighted by atomic mass is 127. The van der Waals surface area contributed by atoms with E-state index in [9.17, 15) is 0 Å². The fraction of sp³-hybridized carbons (Fsp3) is 0.125. The Balaban J connectivity index is 3.40. The molecule has 0 atom stereocenters. The van der Waals surface area contributed by atoms with E-state index in [0.717, 1.165) is 14.0 Å². The van der Waals surface area contributed by atoms with Crippen molar-refractivity contribution in [2.24, 2.45) is 0 Å². The Morgan fingerprint density at radius 1 is 1.55 bits per heavy atom. The monoisotopic (exact) mass is 275 g/mol. The summed E-state index contributed by atoms with van der Waals surface area (Å²) in [5.74, 6) is 0. The Morgan fingerprint density at radius 3 is 2.64 bits per heavy atom. The molecule has 0 N–H and O–H groups in total. The van der Waals surface area contributed by atoms with Crippen LogP contribution in [0.1, 0.15) is 11.1 Å². The largest absolute Gasteiger partial charge is 0.192 e. The van der Waals surface area contributed by atoms with E-state index >= 15 is 0 Å². The molecule has 0 aromatic heterocycles. The first kappa shape index (κ1) is 8.88. The maximum Gasteiger partial charge on any atom is 0.101 e. The molecule has 0 spiro atoms. The van der Waals surface area contributed by atoms with Crippen molar-refractivity contribution in [3.05, 3.63) is 26.8 Å². The third-order valence-corrected chi connectivity index (χ3v) is 2.53. The first-order valence-electron chi connectivity index (χ1n) is 3.04. The molecule has 56 valence electrons. The van der Waals surface area contributed by atoms with Crippen LogP contribution in [0.25, 0.3) is 0 Å². The van der Waals surface area contributed by atoms with E-state index in [0.29, 0.717) is 5.56 Å². The van der Waals surface area contributed by atoms with Crippen LogP contribution in [0, 0.1) is 21.8 Å². The Kier molecular flexibility index (Phi) is 2.79. The Labute approximate surface area is 85.0 Å². The van der Waals surface area contributed by atoms with Crippen LogP contribution in [-0.4, -0.2) is 0 Å². The molecule has 1 nitrogen and oxygen atoms in total. The summed E-state index contributed by atoms with van der Waals surface area (Å²) in [5.41, 5.74) is 1.80. The highest BCUT2D eigenvalue weighted by molar-refractivity contribution is 14.1. The van der Waals surface area contributed by atoms with Crippen molar-refractivity contribution < 1.29 is 0 Å². The van der Waals surface area contributed by atoms with Gasteiger partial charge in [-0.25, -0.2) is 0 Å². The van der Waals surface area contributed by atoms with Gasteiger partial charge in [0.25, 0.3) is 0 Å². The normalized spacial score (nSPS) is 9.27. The van der Waals surface area contributed by atoms with Crippen LogP contribution in [-0.2, 0) is 0 Å². The summed E-state index contributed by atoms with van der Waals surface area (Å²) in [6.07, 6.45) is 0. The molecule has 0 fully saturated rings. The molecule has 0 aliphatic rings. The van der Waals surface area contributed by atoms with Crippen LogP contribution in [0.2, 0.25) is 0 Å². The van der Waals surface area contributed by atoms with Crippen LogP contribution in [0.15, 0.2) is 17.0 Å². The first-order valence-corrected chi connectivity index (χ1v) is 4.57. The molecule has 0 heterocycles. The topological polar surface area (TPSA) is 23.8 Å². The minimum absolute atomic E-state index is 0.666. The zero-order valence-electron chi connectivity index (χ0n) is 5.93. The first-order chi connectivity index (χ1) is 5.15. The van der Waals surface area contributed by atoms with Gasteiger partial charge in [-0.05, 0) is 47.2 Å². The summed E-state index contributed by atoms with van der Waals surface area (Å²) in [4.78, 5) is 0.761. The highest BCUT2D eigenvalue weighted by Gasteiger charge is 2.02. The summed E-state index contributed by atoms with van der Waals surface area (Å²) >= 11 is 6.33. The van der Waals surface area contributed by atoms with Gasteiger partial charge in [0.15, 0.2) is 0 Å². The van der Waals surface area contributed by atoms with E-state index in [1.54, 1.807) is 0 Å². The smallest absolute Gasteiger partial charge is 0.101 e. The number of rotatable bonds is 0. The summed E-state index contributed by atoms with van der Waals surface area (Å²) in [7, 11) is 0. The van der Waals surface area contributed by atoms with Crippen molar-refractivity contribution in [2.45, 2.75) is 11.8 Å². The average Bonchev–Trinajstić information content (AvgIpc) is 1.85. The predicted molar refractivity (Wildman–Crippen MR) is 55.9 cm³/mol. The Bertz CT molecular complexity index is 304. The highest BCUT2D eigenvalue weighted by Crippen LogP contribution is 2.21. The molecule has 1 aromatic rings. The number of nitrogens with zero attached hydrogens (tertiary/aromatic N) is 1. The molecular formula is C8H6INS. The molecule has 0 bridgehead atoms. The predicted octanol–water partition coefficient (Wildman–Crippen LogP) is 2.76. The van der Waals surface area contributed by atoms with Crippen LogP contribution in [0.5, 0.6) is 0 Å². The van der Waals surface area contributed by atoms with Gasteiger partial charge in [-0.2, -0.15) is 5.26 Å². The molecular weight excluding hydrogens is 269 g/mol. The zero-order valence-corrected chi connectivity index (χ0v) is 8.98. The molecule has 3 heteroatoms. The molecule has 1 aromatic carbocycles. The standard InChI is InChI=1S/C8H6INS/c1-5-2-7(9)6(4-10)8(11)3-5/h2-3,11H,1H3. The maximum absolute atomic E-state index is 8.69. The van der Waals surface area contributed by atoms with Gasteiger partial charge >= 0.3 is 0 Å². The van der Waals surface area contributed by atoms with E-state index in [2.05, 4.69) is 41.3 Å². The molecule has 1 rings (SSSR count). The number of thiol groups is 1. The minimum atomic E-state index is 0.666. The minimum Gasteiger partial charge on any atom is -0.192 e. The van der Waals surface area contributed by atoms with E-state index in [-0.39, 0.29) is 0 Å². The third kappa shape index (κ3) is 1.88. The number of nitriles is 1. The number of aryl methyl sites for hydroxylation is 1. The van der Waals surface area contributed by atoms with Gasteiger partial charge in [0.1, 0.15) is 6.07 Å². The van der Waals surface area contributed by atoms with E-state index < -0.39 is 0 Å². The molecule has 0 saturated heterocycles. The van der Waals surface area contributed by atoms with Crippen molar-refractivity contribution in [3.63, 3.8) is 0 Å². The van der Waals surface area contributed by atoms with Crippen molar-refractivity contribution in [1.82, 2.24) is 0 Å².